The second-order valence-electron chi connectivity index (χ2n) is 6.56. The fourth-order valence-electron chi connectivity index (χ4n) is 3.20. The lowest BCUT2D eigenvalue weighted by molar-refractivity contribution is 0.279. The molecule has 0 unspecified atom stereocenters. The normalized spacial score (nSPS) is 11.3. The molecule has 130 valence electrons. The van der Waals surface area contributed by atoms with Gasteiger partial charge in [-0.3, -0.25) is 4.90 Å². The molecule has 3 aromatic carbocycles. The maximum atomic E-state index is 5.82. The van der Waals surface area contributed by atoms with E-state index in [1.165, 1.54) is 21.9 Å². The Labute approximate surface area is 153 Å². The van der Waals surface area contributed by atoms with Crippen molar-refractivity contribution in [1.29, 1.82) is 0 Å². The Hall–Kier alpha value is -2.98. The molecule has 1 heterocycles. The highest BCUT2D eigenvalue weighted by Crippen LogP contribution is 2.20. The van der Waals surface area contributed by atoms with Gasteiger partial charge in [-0.2, -0.15) is 0 Å². The van der Waals surface area contributed by atoms with Crippen LogP contribution in [0.3, 0.4) is 0 Å². The molecular weight excluding hydrogens is 322 g/mol. The highest BCUT2D eigenvalue weighted by atomic mass is 16.4. The molecule has 4 nitrogen and oxygen atoms in total. The number of fused-ring (bicyclic) bond motifs is 1. The number of aromatic nitrogens is 2. The molecule has 4 heteroatoms. The molecular formula is C22H21N3O. The Morgan fingerprint density at radius 2 is 1.50 bits per heavy atom. The van der Waals surface area contributed by atoms with Crippen molar-refractivity contribution in [3.8, 4) is 0 Å². The third kappa shape index (κ3) is 3.81. The van der Waals surface area contributed by atoms with Gasteiger partial charge in [0.1, 0.15) is 0 Å². The van der Waals surface area contributed by atoms with Gasteiger partial charge in [0.2, 0.25) is 11.8 Å². The first-order valence-electron chi connectivity index (χ1n) is 8.78. The van der Waals surface area contributed by atoms with Crippen LogP contribution in [0, 0.1) is 0 Å². The first-order chi connectivity index (χ1) is 12.8. The molecule has 26 heavy (non-hydrogen) atoms. The van der Waals surface area contributed by atoms with Crippen LogP contribution in [-0.4, -0.2) is 22.1 Å². The Kier molecular flexibility index (Phi) is 4.75. The third-order valence-corrected chi connectivity index (χ3v) is 4.43. The van der Waals surface area contributed by atoms with Crippen LogP contribution < -0.4 is 0 Å². The Balaban J connectivity index is 1.43. The Bertz CT molecular complexity index is 989. The molecule has 0 saturated carbocycles. The van der Waals surface area contributed by atoms with Crippen molar-refractivity contribution < 1.29 is 4.42 Å². The van der Waals surface area contributed by atoms with Crippen LogP contribution in [0.15, 0.2) is 77.2 Å². The lowest BCUT2D eigenvalue weighted by Gasteiger charge is -2.16. The molecule has 0 fully saturated rings. The molecule has 0 N–H and O–H groups in total. The molecule has 0 aliphatic heterocycles. The fourth-order valence-corrected chi connectivity index (χ4v) is 3.20. The Morgan fingerprint density at radius 1 is 0.769 bits per heavy atom. The molecule has 0 saturated heterocycles. The number of rotatable bonds is 6. The lowest BCUT2D eigenvalue weighted by atomic mass is 10.0. The Morgan fingerprint density at radius 3 is 2.38 bits per heavy atom. The van der Waals surface area contributed by atoms with Gasteiger partial charge in [0.25, 0.3) is 0 Å². The summed E-state index contributed by atoms with van der Waals surface area (Å²) in [5, 5.41) is 10.9. The van der Waals surface area contributed by atoms with Crippen molar-refractivity contribution in [3.05, 3.63) is 95.7 Å². The average molecular weight is 343 g/mol. The van der Waals surface area contributed by atoms with Crippen LogP contribution in [0.4, 0.5) is 0 Å². The predicted octanol–water partition coefficient (Wildman–Crippen LogP) is 4.45. The first-order valence-corrected chi connectivity index (χ1v) is 8.78. The minimum absolute atomic E-state index is 0.630. The summed E-state index contributed by atoms with van der Waals surface area (Å²) in [6, 6.07) is 25.1. The van der Waals surface area contributed by atoms with Gasteiger partial charge < -0.3 is 4.42 Å². The maximum absolute atomic E-state index is 5.82. The maximum Gasteiger partial charge on any atom is 0.230 e. The zero-order valence-corrected chi connectivity index (χ0v) is 14.8. The number of hydrogen-bond acceptors (Lipinski definition) is 4. The van der Waals surface area contributed by atoms with Gasteiger partial charge in [-0.25, -0.2) is 0 Å². The summed E-state index contributed by atoms with van der Waals surface area (Å²) < 4.78 is 5.82. The number of hydrogen-bond donors (Lipinski definition) is 0. The van der Waals surface area contributed by atoms with E-state index in [9.17, 15) is 0 Å². The molecule has 0 atom stereocenters. The molecule has 0 aliphatic rings. The van der Waals surface area contributed by atoms with Crippen molar-refractivity contribution >= 4 is 10.8 Å². The predicted molar refractivity (Wildman–Crippen MR) is 103 cm³/mol. The second-order valence-corrected chi connectivity index (χ2v) is 6.56. The van der Waals surface area contributed by atoms with Crippen molar-refractivity contribution in [1.82, 2.24) is 15.1 Å². The van der Waals surface area contributed by atoms with E-state index in [0.29, 0.717) is 24.7 Å². The van der Waals surface area contributed by atoms with Gasteiger partial charge in [-0.15, -0.1) is 10.2 Å². The van der Waals surface area contributed by atoms with Gasteiger partial charge in [-0.05, 0) is 28.9 Å². The zero-order valence-electron chi connectivity index (χ0n) is 14.8. The number of nitrogens with zero attached hydrogens (tertiary/aromatic N) is 3. The topological polar surface area (TPSA) is 42.2 Å². The van der Waals surface area contributed by atoms with Crippen LogP contribution in [0.5, 0.6) is 0 Å². The van der Waals surface area contributed by atoms with E-state index >= 15 is 0 Å². The summed E-state index contributed by atoms with van der Waals surface area (Å²) in [6.07, 6.45) is 0.668. The van der Waals surface area contributed by atoms with Crippen molar-refractivity contribution in [2.24, 2.45) is 0 Å². The van der Waals surface area contributed by atoms with E-state index in [-0.39, 0.29) is 0 Å². The number of benzene rings is 3. The molecule has 4 aromatic rings. The van der Waals surface area contributed by atoms with Crippen LogP contribution in [0.1, 0.15) is 22.9 Å². The van der Waals surface area contributed by atoms with E-state index in [4.69, 9.17) is 4.42 Å². The molecule has 0 spiro atoms. The van der Waals surface area contributed by atoms with Crippen LogP contribution in [-0.2, 0) is 19.5 Å². The molecule has 0 radical (unpaired) electrons. The van der Waals surface area contributed by atoms with E-state index in [1.807, 2.05) is 18.2 Å². The van der Waals surface area contributed by atoms with Crippen molar-refractivity contribution in [2.75, 3.05) is 7.05 Å². The van der Waals surface area contributed by atoms with Gasteiger partial charge in [-0.1, -0.05) is 72.8 Å². The van der Waals surface area contributed by atoms with Gasteiger partial charge in [0, 0.05) is 6.54 Å². The minimum Gasteiger partial charge on any atom is -0.424 e. The third-order valence-electron chi connectivity index (χ3n) is 4.43. The molecule has 0 bridgehead atoms. The van der Waals surface area contributed by atoms with E-state index in [1.54, 1.807) is 0 Å². The van der Waals surface area contributed by atoms with Crippen LogP contribution in [0.25, 0.3) is 10.8 Å². The first kappa shape index (κ1) is 16.5. The minimum atomic E-state index is 0.630. The molecule has 0 aliphatic carbocycles. The van der Waals surface area contributed by atoms with Crippen molar-refractivity contribution in [3.63, 3.8) is 0 Å². The monoisotopic (exact) mass is 343 g/mol. The summed E-state index contributed by atoms with van der Waals surface area (Å²) in [4.78, 5) is 2.20. The van der Waals surface area contributed by atoms with Gasteiger partial charge in [0.05, 0.1) is 13.0 Å². The zero-order chi connectivity index (χ0) is 17.8. The summed E-state index contributed by atoms with van der Waals surface area (Å²) in [5.74, 6) is 1.31. The fraction of sp³-hybridized carbons (Fsp3) is 0.182. The SMILES string of the molecule is CN(Cc1nnc(Cc2ccccc2)o1)Cc1cccc2ccccc12. The van der Waals surface area contributed by atoms with Gasteiger partial charge >= 0.3 is 0 Å². The van der Waals surface area contributed by atoms with Gasteiger partial charge in [0.15, 0.2) is 0 Å². The summed E-state index contributed by atoms with van der Waals surface area (Å²) >= 11 is 0. The molecule has 1 aromatic heterocycles. The highest BCUT2D eigenvalue weighted by molar-refractivity contribution is 5.85. The van der Waals surface area contributed by atoms with E-state index in [0.717, 1.165) is 6.54 Å². The highest BCUT2D eigenvalue weighted by Gasteiger charge is 2.11. The smallest absolute Gasteiger partial charge is 0.230 e. The van der Waals surface area contributed by atoms with E-state index < -0.39 is 0 Å². The average Bonchev–Trinajstić information content (AvgIpc) is 3.09. The largest absolute Gasteiger partial charge is 0.424 e. The quantitative estimate of drug-likeness (QED) is 0.519. The summed E-state index contributed by atoms with van der Waals surface area (Å²) in [6.45, 7) is 1.46. The standard InChI is InChI=1S/C22H21N3O/c1-25(15-19-12-7-11-18-10-5-6-13-20(18)19)16-22-24-23-21(26-22)14-17-8-3-2-4-9-17/h2-13H,14-16H2,1H3. The van der Waals surface area contributed by atoms with Crippen LogP contribution >= 0.6 is 0 Å². The molecule has 0 amide bonds. The lowest BCUT2D eigenvalue weighted by Crippen LogP contribution is -2.17. The van der Waals surface area contributed by atoms with Crippen molar-refractivity contribution in [2.45, 2.75) is 19.5 Å². The van der Waals surface area contributed by atoms with E-state index in [2.05, 4.69) is 76.7 Å². The summed E-state index contributed by atoms with van der Waals surface area (Å²) in [5.41, 5.74) is 2.47. The second kappa shape index (κ2) is 7.50. The van der Waals surface area contributed by atoms with Crippen LogP contribution in [0.2, 0.25) is 0 Å². The molecule has 4 rings (SSSR count). The summed E-state index contributed by atoms with van der Waals surface area (Å²) in [7, 11) is 2.07.